The van der Waals surface area contributed by atoms with Crippen molar-refractivity contribution in [3.05, 3.63) is 59.9 Å². The summed E-state index contributed by atoms with van der Waals surface area (Å²) in [6.45, 7) is 6.81. The van der Waals surface area contributed by atoms with E-state index in [1.807, 2.05) is 0 Å². The quantitative estimate of drug-likeness (QED) is 0.829. The van der Waals surface area contributed by atoms with Crippen molar-refractivity contribution < 1.29 is 4.39 Å². The molecule has 0 amide bonds. The highest BCUT2D eigenvalue weighted by Gasteiger charge is 2.25. The van der Waals surface area contributed by atoms with Crippen LogP contribution in [0.15, 0.2) is 48.5 Å². The van der Waals surface area contributed by atoms with Gasteiger partial charge in [-0.05, 0) is 50.3 Å². The summed E-state index contributed by atoms with van der Waals surface area (Å²) < 4.78 is 13.8. The van der Waals surface area contributed by atoms with Crippen molar-refractivity contribution in [3.8, 4) is 0 Å². The molecule has 1 atom stereocenters. The highest BCUT2D eigenvalue weighted by atomic mass is 32.1. The van der Waals surface area contributed by atoms with E-state index in [0.29, 0.717) is 16.8 Å². The monoisotopic (exact) mass is 343 g/mol. The minimum atomic E-state index is -0.286. The maximum absolute atomic E-state index is 13.8. The summed E-state index contributed by atoms with van der Waals surface area (Å²) in [6, 6.07) is 15.5. The fraction of sp³-hybridized carbons (Fsp3) is 0.316. The normalized spacial score (nSPS) is 17.7. The van der Waals surface area contributed by atoms with Crippen molar-refractivity contribution in [2.45, 2.75) is 19.9 Å². The molecule has 0 aromatic heterocycles. The Morgan fingerprint density at radius 2 is 1.83 bits per heavy atom. The predicted octanol–water partition coefficient (Wildman–Crippen LogP) is 4.04. The third-order valence-electron chi connectivity index (χ3n) is 4.40. The van der Waals surface area contributed by atoms with E-state index in [4.69, 9.17) is 12.2 Å². The van der Waals surface area contributed by atoms with Gasteiger partial charge in [-0.15, -0.1) is 0 Å². The molecule has 126 valence electrons. The summed E-state index contributed by atoms with van der Waals surface area (Å²) >= 11 is 5.47. The summed E-state index contributed by atoms with van der Waals surface area (Å²) in [5, 5.41) is 3.61. The number of benzene rings is 2. The highest BCUT2D eigenvalue weighted by Crippen LogP contribution is 2.22. The molecule has 1 saturated heterocycles. The zero-order valence-electron chi connectivity index (χ0n) is 14.0. The third kappa shape index (κ3) is 3.67. The molecule has 1 N–H and O–H groups in total. The van der Waals surface area contributed by atoms with E-state index in [-0.39, 0.29) is 5.82 Å². The molecule has 3 rings (SSSR count). The second kappa shape index (κ2) is 7.18. The van der Waals surface area contributed by atoms with Gasteiger partial charge >= 0.3 is 0 Å². The molecule has 1 unspecified atom stereocenters. The molecule has 5 heteroatoms. The Morgan fingerprint density at radius 3 is 2.50 bits per heavy atom. The van der Waals surface area contributed by atoms with E-state index in [2.05, 4.69) is 53.2 Å². The Hall–Kier alpha value is -2.14. The number of rotatable bonds is 2. The lowest BCUT2D eigenvalue weighted by Crippen LogP contribution is -2.54. The van der Waals surface area contributed by atoms with Gasteiger partial charge in [0, 0.05) is 31.4 Å². The number of hydrogen-bond acceptors (Lipinski definition) is 2. The van der Waals surface area contributed by atoms with Gasteiger partial charge < -0.3 is 15.1 Å². The van der Waals surface area contributed by atoms with Crippen LogP contribution in [0.5, 0.6) is 0 Å². The third-order valence-corrected chi connectivity index (χ3v) is 4.76. The van der Waals surface area contributed by atoms with Crippen molar-refractivity contribution >= 4 is 28.7 Å². The molecular formula is C19H22FN3S. The van der Waals surface area contributed by atoms with Crippen LogP contribution in [0, 0.1) is 12.7 Å². The first-order valence-corrected chi connectivity index (χ1v) is 8.59. The fourth-order valence-electron chi connectivity index (χ4n) is 3.02. The van der Waals surface area contributed by atoms with Gasteiger partial charge in [0.25, 0.3) is 0 Å². The number of halogens is 1. The lowest BCUT2D eigenvalue weighted by Gasteiger charge is -2.42. The van der Waals surface area contributed by atoms with Crippen LogP contribution in [0.2, 0.25) is 0 Å². The van der Waals surface area contributed by atoms with Crippen LogP contribution >= 0.6 is 12.2 Å². The van der Waals surface area contributed by atoms with E-state index < -0.39 is 0 Å². The maximum Gasteiger partial charge on any atom is 0.173 e. The Labute approximate surface area is 148 Å². The summed E-state index contributed by atoms with van der Waals surface area (Å²) in [5.74, 6) is -0.286. The van der Waals surface area contributed by atoms with Crippen molar-refractivity contribution in [3.63, 3.8) is 0 Å². The number of nitrogens with one attached hydrogen (secondary N) is 1. The van der Waals surface area contributed by atoms with Gasteiger partial charge in [0.15, 0.2) is 5.11 Å². The lowest BCUT2D eigenvalue weighted by atomic mass is 10.1. The molecule has 1 heterocycles. The van der Waals surface area contributed by atoms with E-state index in [9.17, 15) is 4.39 Å². The van der Waals surface area contributed by atoms with Crippen LogP contribution in [-0.4, -0.2) is 35.7 Å². The van der Waals surface area contributed by atoms with Crippen molar-refractivity contribution in [2.75, 3.05) is 29.9 Å². The first-order chi connectivity index (χ1) is 11.5. The zero-order chi connectivity index (χ0) is 17.1. The number of para-hydroxylation sites is 1. The molecule has 1 fully saturated rings. The minimum Gasteiger partial charge on any atom is -0.365 e. The molecule has 1 aliphatic rings. The van der Waals surface area contributed by atoms with E-state index >= 15 is 0 Å². The predicted molar refractivity (Wildman–Crippen MR) is 102 cm³/mol. The van der Waals surface area contributed by atoms with Gasteiger partial charge in [-0.2, -0.15) is 0 Å². The molecule has 2 aromatic carbocycles. The number of hydrogen-bond donors (Lipinski definition) is 1. The number of nitrogens with zero attached hydrogens (tertiary/aromatic N) is 2. The number of anilines is 2. The number of piperazine rings is 1. The van der Waals surface area contributed by atoms with E-state index in [1.54, 1.807) is 18.2 Å². The summed E-state index contributed by atoms with van der Waals surface area (Å²) in [5.41, 5.74) is 2.93. The van der Waals surface area contributed by atoms with Crippen LogP contribution in [-0.2, 0) is 0 Å². The van der Waals surface area contributed by atoms with Crippen LogP contribution in [0.3, 0.4) is 0 Å². The molecule has 3 nitrogen and oxygen atoms in total. The SMILES string of the molecule is Cc1ccc(N2CCN(C(=S)Nc3ccccc3F)CC2C)cc1. The lowest BCUT2D eigenvalue weighted by molar-refractivity contribution is 0.342. The molecule has 0 aliphatic carbocycles. The molecule has 2 aromatic rings. The number of thiocarbonyl (C=S) groups is 1. The first-order valence-electron chi connectivity index (χ1n) is 8.18. The molecular weight excluding hydrogens is 321 g/mol. The second-order valence-corrected chi connectivity index (χ2v) is 6.62. The summed E-state index contributed by atoms with van der Waals surface area (Å²) in [6.07, 6.45) is 0. The fourth-order valence-corrected chi connectivity index (χ4v) is 3.29. The van der Waals surface area contributed by atoms with E-state index in [1.165, 1.54) is 17.3 Å². The van der Waals surface area contributed by atoms with Crippen LogP contribution in [0.4, 0.5) is 15.8 Å². The van der Waals surface area contributed by atoms with Crippen LogP contribution in [0.25, 0.3) is 0 Å². The van der Waals surface area contributed by atoms with Crippen molar-refractivity contribution in [1.82, 2.24) is 4.90 Å². The Balaban J connectivity index is 1.63. The summed E-state index contributed by atoms with van der Waals surface area (Å²) in [7, 11) is 0. The van der Waals surface area contributed by atoms with E-state index in [0.717, 1.165) is 19.6 Å². The molecule has 0 bridgehead atoms. The Bertz CT molecular complexity index is 717. The average Bonchev–Trinajstić information content (AvgIpc) is 2.58. The van der Waals surface area contributed by atoms with Crippen molar-refractivity contribution in [1.29, 1.82) is 0 Å². The molecule has 24 heavy (non-hydrogen) atoms. The Kier molecular flexibility index (Phi) is 5.00. The van der Waals surface area contributed by atoms with Gasteiger partial charge in [0.1, 0.15) is 5.82 Å². The van der Waals surface area contributed by atoms with Crippen LogP contribution < -0.4 is 10.2 Å². The molecule has 0 saturated carbocycles. The highest BCUT2D eigenvalue weighted by molar-refractivity contribution is 7.80. The summed E-state index contributed by atoms with van der Waals surface area (Å²) in [4.78, 5) is 4.50. The molecule has 0 radical (unpaired) electrons. The maximum atomic E-state index is 13.8. The van der Waals surface area contributed by atoms with Gasteiger partial charge in [-0.1, -0.05) is 29.8 Å². The van der Waals surface area contributed by atoms with Crippen molar-refractivity contribution in [2.24, 2.45) is 0 Å². The first kappa shape index (κ1) is 16.7. The molecule has 0 spiro atoms. The average molecular weight is 343 g/mol. The van der Waals surface area contributed by atoms with Gasteiger partial charge in [0.2, 0.25) is 0 Å². The zero-order valence-corrected chi connectivity index (χ0v) is 14.8. The van der Waals surface area contributed by atoms with Gasteiger partial charge in [-0.25, -0.2) is 4.39 Å². The second-order valence-electron chi connectivity index (χ2n) is 6.23. The largest absolute Gasteiger partial charge is 0.365 e. The number of aryl methyl sites for hydroxylation is 1. The smallest absolute Gasteiger partial charge is 0.173 e. The topological polar surface area (TPSA) is 18.5 Å². The minimum absolute atomic E-state index is 0.286. The standard InChI is InChI=1S/C19H22FN3S/c1-14-7-9-16(10-8-14)23-12-11-22(13-15(23)2)19(24)21-18-6-4-3-5-17(18)20/h3-10,15H,11-13H2,1-2H3,(H,21,24). The molecule has 1 aliphatic heterocycles. The van der Waals surface area contributed by atoms with Gasteiger partial charge in [-0.3, -0.25) is 0 Å². The van der Waals surface area contributed by atoms with Gasteiger partial charge in [0.05, 0.1) is 5.69 Å². The Morgan fingerprint density at radius 1 is 1.12 bits per heavy atom. The van der Waals surface area contributed by atoms with Crippen LogP contribution in [0.1, 0.15) is 12.5 Å².